The molecule has 0 radical (unpaired) electrons. The van der Waals surface area contributed by atoms with Crippen LogP contribution in [0.5, 0.6) is 0 Å². The maximum absolute atomic E-state index is 10.8. The predicted octanol–water partition coefficient (Wildman–Crippen LogP) is -0.754. The van der Waals surface area contributed by atoms with Crippen LogP contribution in [0, 0.1) is 0 Å². The van der Waals surface area contributed by atoms with Crippen LogP contribution in [0.25, 0.3) is 0 Å². The van der Waals surface area contributed by atoms with E-state index in [0.29, 0.717) is 12.6 Å². The Labute approximate surface area is 78.4 Å². The van der Waals surface area contributed by atoms with Crippen molar-refractivity contribution in [3.05, 3.63) is 0 Å². The summed E-state index contributed by atoms with van der Waals surface area (Å²) in [6.07, 6.45) is -0.366. The molecule has 0 spiro atoms. The molecule has 1 aliphatic rings. The maximum Gasteiger partial charge on any atom is 0.406 e. The molecule has 0 aromatic carbocycles. The highest BCUT2D eigenvalue weighted by atomic mass is 16.5. The van der Waals surface area contributed by atoms with Gasteiger partial charge in [-0.2, -0.15) is 0 Å². The van der Waals surface area contributed by atoms with Crippen molar-refractivity contribution in [3.8, 4) is 0 Å². The van der Waals surface area contributed by atoms with Crippen molar-refractivity contribution >= 4 is 6.09 Å². The number of amides is 1. The Morgan fingerprint density at radius 3 is 3.15 bits per heavy atom. The van der Waals surface area contributed by atoms with Crippen molar-refractivity contribution in [1.82, 2.24) is 15.5 Å². The third-order valence-electron chi connectivity index (χ3n) is 2.14. The molecule has 1 amide bonds. The molecule has 0 bridgehead atoms. The molecule has 1 rings (SSSR count). The number of methoxy groups -OCH3 is 1. The summed E-state index contributed by atoms with van der Waals surface area (Å²) in [5, 5.41) is 5.99. The quantitative estimate of drug-likeness (QED) is 0.597. The summed E-state index contributed by atoms with van der Waals surface area (Å²) in [6.45, 7) is 3.62. The number of ether oxygens (including phenoxy) is 1. The lowest BCUT2D eigenvalue weighted by molar-refractivity contribution is 0.166. The molecule has 76 valence electrons. The topological polar surface area (TPSA) is 53.6 Å². The van der Waals surface area contributed by atoms with Crippen LogP contribution in [-0.4, -0.2) is 57.4 Å². The van der Waals surface area contributed by atoms with Crippen molar-refractivity contribution in [2.45, 2.75) is 6.04 Å². The number of rotatable bonds is 2. The van der Waals surface area contributed by atoms with Gasteiger partial charge in [0.1, 0.15) is 0 Å². The molecule has 2 N–H and O–H groups in total. The molecule has 5 heteroatoms. The summed E-state index contributed by atoms with van der Waals surface area (Å²) in [5.41, 5.74) is 0. The normalized spacial score (nSPS) is 24.0. The lowest BCUT2D eigenvalue weighted by atomic mass is 10.2. The lowest BCUT2D eigenvalue weighted by Gasteiger charge is -2.30. The van der Waals surface area contributed by atoms with Crippen molar-refractivity contribution in [1.29, 1.82) is 0 Å². The zero-order chi connectivity index (χ0) is 9.68. The van der Waals surface area contributed by atoms with Gasteiger partial charge in [-0.3, -0.25) is 0 Å². The zero-order valence-corrected chi connectivity index (χ0v) is 8.17. The van der Waals surface area contributed by atoms with Gasteiger partial charge in [-0.15, -0.1) is 0 Å². The van der Waals surface area contributed by atoms with Crippen LogP contribution in [0.2, 0.25) is 0 Å². The highest BCUT2D eigenvalue weighted by molar-refractivity contribution is 5.66. The van der Waals surface area contributed by atoms with Gasteiger partial charge in [-0.25, -0.2) is 4.79 Å². The third-order valence-corrected chi connectivity index (χ3v) is 2.14. The first-order valence-corrected chi connectivity index (χ1v) is 4.46. The van der Waals surface area contributed by atoms with E-state index in [0.717, 1.165) is 19.6 Å². The van der Waals surface area contributed by atoms with Gasteiger partial charge < -0.3 is 20.3 Å². The number of hydrogen-bond acceptors (Lipinski definition) is 4. The summed E-state index contributed by atoms with van der Waals surface area (Å²) in [7, 11) is 3.45. The van der Waals surface area contributed by atoms with Crippen LogP contribution in [-0.2, 0) is 4.74 Å². The van der Waals surface area contributed by atoms with Gasteiger partial charge in [-0.05, 0) is 7.05 Å². The number of piperazine rings is 1. The van der Waals surface area contributed by atoms with Gasteiger partial charge >= 0.3 is 6.09 Å². The van der Waals surface area contributed by atoms with E-state index < -0.39 is 0 Å². The Morgan fingerprint density at radius 1 is 1.77 bits per heavy atom. The first kappa shape index (κ1) is 10.3. The lowest BCUT2D eigenvalue weighted by Crippen LogP contribution is -2.53. The number of carbonyl (C=O) groups excluding carboxylic acids is 1. The molecule has 1 atom stereocenters. The number of carbonyl (C=O) groups is 1. The molecule has 1 fully saturated rings. The smallest absolute Gasteiger partial charge is 0.406 e. The Morgan fingerprint density at radius 2 is 2.54 bits per heavy atom. The van der Waals surface area contributed by atoms with Crippen molar-refractivity contribution in [2.75, 3.05) is 40.3 Å². The molecule has 0 aromatic rings. The molecule has 5 nitrogen and oxygen atoms in total. The van der Waals surface area contributed by atoms with Crippen LogP contribution in [0.1, 0.15) is 0 Å². The fraction of sp³-hybridized carbons (Fsp3) is 0.875. The Bertz CT molecular complexity index is 175. The molecule has 1 aliphatic heterocycles. The van der Waals surface area contributed by atoms with E-state index >= 15 is 0 Å². The van der Waals surface area contributed by atoms with Gasteiger partial charge in [0.25, 0.3) is 0 Å². The minimum atomic E-state index is -0.366. The fourth-order valence-electron chi connectivity index (χ4n) is 1.41. The minimum absolute atomic E-state index is 0.331. The van der Waals surface area contributed by atoms with Gasteiger partial charge in [0.2, 0.25) is 0 Å². The number of hydrogen-bond donors (Lipinski definition) is 2. The van der Waals surface area contributed by atoms with E-state index in [1.807, 2.05) is 0 Å². The number of likely N-dealkylation sites (N-methyl/N-ethyl adjacent to an activating group) is 1. The van der Waals surface area contributed by atoms with E-state index in [2.05, 4.69) is 27.3 Å². The highest BCUT2D eigenvalue weighted by Gasteiger charge is 2.16. The minimum Gasteiger partial charge on any atom is -0.453 e. The standard InChI is InChI=1S/C8H17N3O2/c1-11-4-3-9-7(6-11)5-10-8(12)13-2/h7,9H,3-6H2,1-2H3,(H,10,12)/t7-/m1/s1. The van der Waals surface area contributed by atoms with Gasteiger partial charge in [0.05, 0.1) is 7.11 Å². The Kier molecular flexibility index (Phi) is 3.98. The molecule has 0 unspecified atom stereocenters. The molecule has 0 aromatic heterocycles. The van der Waals surface area contributed by atoms with E-state index in [-0.39, 0.29) is 6.09 Å². The SMILES string of the molecule is COC(=O)NC[C@@H]1CN(C)CCN1. The fourth-order valence-corrected chi connectivity index (χ4v) is 1.41. The molecule has 13 heavy (non-hydrogen) atoms. The molecule has 0 saturated carbocycles. The average molecular weight is 187 g/mol. The van der Waals surface area contributed by atoms with E-state index in [4.69, 9.17) is 0 Å². The largest absolute Gasteiger partial charge is 0.453 e. The van der Waals surface area contributed by atoms with E-state index in [1.165, 1.54) is 7.11 Å². The second-order valence-electron chi connectivity index (χ2n) is 3.29. The monoisotopic (exact) mass is 187 g/mol. The summed E-state index contributed by atoms with van der Waals surface area (Å²) >= 11 is 0. The van der Waals surface area contributed by atoms with Gasteiger partial charge in [-0.1, -0.05) is 0 Å². The molecule has 1 heterocycles. The van der Waals surface area contributed by atoms with E-state index in [1.54, 1.807) is 0 Å². The molecular weight excluding hydrogens is 170 g/mol. The molecule has 1 saturated heterocycles. The number of alkyl carbamates (subject to hydrolysis) is 1. The first-order valence-electron chi connectivity index (χ1n) is 4.46. The highest BCUT2D eigenvalue weighted by Crippen LogP contribution is 1.94. The van der Waals surface area contributed by atoms with Crippen molar-refractivity contribution in [2.24, 2.45) is 0 Å². The average Bonchev–Trinajstić information content (AvgIpc) is 2.14. The van der Waals surface area contributed by atoms with Gasteiger partial charge in [0.15, 0.2) is 0 Å². The predicted molar refractivity (Wildman–Crippen MR) is 49.7 cm³/mol. The van der Waals surface area contributed by atoms with Crippen LogP contribution in [0.15, 0.2) is 0 Å². The maximum atomic E-state index is 10.8. The van der Waals surface area contributed by atoms with Gasteiger partial charge in [0, 0.05) is 32.2 Å². The summed E-state index contributed by atoms with van der Waals surface area (Å²) in [6, 6.07) is 0.331. The molecular formula is C8H17N3O2. The zero-order valence-electron chi connectivity index (χ0n) is 8.17. The van der Waals surface area contributed by atoms with E-state index in [9.17, 15) is 4.79 Å². The summed E-state index contributed by atoms with van der Waals surface area (Å²) in [4.78, 5) is 13.0. The summed E-state index contributed by atoms with van der Waals surface area (Å²) in [5.74, 6) is 0. The van der Waals surface area contributed by atoms with Crippen molar-refractivity contribution < 1.29 is 9.53 Å². The summed E-state index contributed by atoms with van der Waals surface area (Å²) < 4.78 is 4.48. The van der Waals surface area contributed by atoms with Crippen molar-refractivity contribution in [3.63, 3.8) is 0 Å². The Balaban J connectivity index is 2.17. The molecule has 0 aliphatic carbocycles. The van der Waals surface area contributed by atoms with Crippen LogP contribution >= 0.6 is 0 Å². The third kappa shape index (κ3) is 3.61. The number of nitrogens with zero attached hydrogens (tertiary/aromatic N) is 1. The van der Waals surface area contributed by atoms with Crippen LogP contribution < -0.4 is 10.6 Å². The second kappa shape index (κ2) is 5.04. The number of nitrogens with one attached hydrogen (secondary N) is 2. The van der Waals surface area contributed by atoms with Crippen LogP contribution in [0.4, 0.5) is 4.79 Å². The first-order chi connectivity index (χ1) is 6.22. The Hall–Kier alpha value is -0.810. The second-order valence-corrected chi connectivity index (χ2v) is 3.29. The van der Waals surface area contributed by atoms with Crippen LogP contribution in [0.3, 0.4) is 0 Å².